The molecule has 0 saturated heterocycles. The number of halogens is 1. The predicted molar refractivity (Wildman–Crippen MR) is 131 cm³/mol. The van der Waals surface area contributed by atoms with Crippen molar-refractivity contribution in [1.29, 1.82) is 0 Å². The van der Waals surface area contributed by atoms with Crippen molar-refractivity contribution in [2.24, 2.45) is 0 Å². The third kappa shape index (κ3) is 7.23. The number of rotatable bonds is 10. The smallest absolute Gasteiger partial charge is 0.253 e. The minimum atomic E-state index is -0.744. The van der Waals surface area contributed by atoms with Gasteiger partial charge in [-0.15, -0.1) is 0 Å². The Kier molecular flexibility index (Phi) is 8.90. The summed E-state index contributed by atoms with van der Waals surface area (Å²) in [6.45, 7) is 2.65. The van der Waals surface area contributed by atoms with Gasteiger partial charge in [0.15, 0.2) is 0 Å². The van der Waals surface area contributed by atoms with E-state index in [1.165, 1.54) is 18.2 Å². The molecule has 1 heterocycles. The maximum atomic E-state index is 13.1. The van der Waals surface area contributed by atoms with Crippen LogP contribution >= 0.6 is 0 Å². The molecule has 6 nitrogen and oxygen atoms in total. The van der Waals surface area contributed by atoms with Crippen molar-refractivity contribution >= 4 is 5.91 Å². The van der Waals surface area contributed by atoms with Crippen molar-refractivity contribution in [2.75, 3.05) is 13.6 Å². The first kappa shape index (κ1) is 25.1. The summed E-state index contributed by atoms with van der Waals surface area (Å²) in [5, 5.41) is 13.7. The van der Waals surface area contributed by atoms with Crippen LogP contribution in [0.4, 0.5) is 4.39 Å². The highest BCUT2D eigenvalue weighted by atomic mass is 19.1. The third-order valence-corrected chi connectivity index (χ3v) is 5.52. The fourth-order valence-corrected chi connectivity index (χ4v) is 3.65. The second-order valence-corrected chi connectivity index (χ2v) is 8.23. The van der Waals surface area contributed by atoms with Gasteiger partial charge in [0.05, 0.1) is 6.10 Å². The van der Waals surface area contributed by atoms with Crippen LogP contribution < -0.4 is 10.9 Å². The molecule has 0 saturated carbocycles. The molecule has 0 bridgehead atoms. The Morgan fingerprint density at radius 1 is 1.09 bits per heavy atom. The summed E-state index contributed by atoms with van der Waals surface area (Å²) in [7, 11) is 1.72. The van der Waals surface area contributed by atoms with E-state index >= 15 is 0 Å². The number of pyridine rings is 1. The highest BCUT2D eigenvalue weighted by Gasteiger charge is 2.14. The van der Waals surface area contributed by atoms with Gasteiger partial charge >= 0.3 is 0 Å². The summed E-state index contributed by atoms with van der Waals surface area (Å²) < 4.78 is 13.1. The number of aromatic nitrogens is 1. The zero-order valence-corrected chi connectivity index (χ0v) is 19.4. The van der Waals surface area contributed by atoms with Crippen LogP contribution in [0.1, 0.15) is 40.1 Å². The average Bonchev–Trinajstić information content (AvgIpc) is 2.84. The Bertz CT molecular complexity index is 1140. The van der Waals surface area contributed by atoms with Crippen LogP contribution in [0, 0.1) is 5.82 Å². The molecule has 2 unspecified atom stereocenters. The number of H-pyrrole nitrogens is 1. The first-order valence-electron chi connectivity index (χ1n) is 11.2. The largest absolute Gasteiger partial charge is 0.387 e. The maximum Gasteiger partial charge on any atom is 0.253 e. The molecule has 3 rings (SSSR count). The number of hydrogen-bond donors (Lipinski definition) is 3. The molecule has 7 heteroatoms. The zero-order valence-electron chi connectivity index (χ0n) is 19.4. The lowest BCUT2D eigenvalue weighted by Crippen LogP contribution is -2.33. The van der Waals surface area contributed by atoms with Crippen LogP contribution in [0.15, 0.2) is 83.8 Å². The summed E-state index contributed by atoms with van der Waals surface area (Å²) in [6.07, 6.45) is 5.52. The number of carbonyl (C=O) groups excluding carboxylic acids is 1. The van der Waals surface area contributed by atoms with Gasteiger partial charge in [0, 0.05) is 44.0 Å². The lowest BCUT2D eigenvalue weighted by atomic mass is 10.0. The van der Waals surface area contributed by atoms with Crippen molar-refractivity contribution in [2.45, 2.75) is 32.0 Å². The van der Waals surface area contributed by atoms with E-state index in [0.717, 1.165) is 11.1 Å². The molecule has 2 atom stereocenters. The molecule has 0 aliphatic carbocycles. The van der Waals surface area contributed by atoms with Crippen LogP contribution in [-0.2, 0) is 13.0 Å². The Labute approximate surface area is 198 Å². The summed E-state index contributed by atoms with van der Waals surface area (Å²) >= 11 is 0. The molecule has 0 aliphatic heterocycles. The molecule has 3 aromatic rings. The highest BCUT2D eigenvalue weighted by molar-refractivity contribution is 5.94. The standard InChI is InChI=1S/C27H30FN3O3/c1-3-4-24(29-17-25(32)21-10-12-23(28)13-11-21)15-19-5-8-22(9-6-19)27(34)31(2)18-20-7-14-26(33)30-16-20/h3-14,16,24-25,29,32H,15,17-18H2,1-2H3,(H,30,33). The van der Waals surface area contributed by atoms with Gasteiger partial charge in [-0.3, -0.25) is 9.59 Å². The summed E-state index contributed by atoms with van der Waals surface area (Å²) in [4.78, 5) is 28.2. The van der Waals surface area contributed by atoms with Crippen molar-refractivity contribution < 1.29 is 14.3 Å². The summed E-state index contributed by atoms with van der Waals surface area (Å²) in [5.74, 6) is -0.441. The Morgan fingerprint density at radius 2 is 1.76 bits per heavy atom. The first-order valence-corrected chi connectivity index (χ1v) is 11.2. The molecule has 0 radical (unpaired) electrons. The Balaban J connectivity index is 1.57. The van der Waals surface area contributed by atoms with E-state index in [1.54, 1.807) is 48.5 Å². The molecule has 178 valence electrons. The van der Waals surface area contributed by atoms with Gasteiger partial charge in [-0.05, 0) is 54.3 Å². The molecule has 1 aromatic heterocycles. The minimum absolute atomic E-state index is 0.00967. The number of aliphatic hydroxyl groups excluding tert-OH is 1. The number of aliphatic hydroxyl groups is 1. The molecule has 0 fully saturated rings. The molecule has 2 aromatic carbocycles. The topological polar surface area (TPSA) is 85.4 Å². The number of nitrogens with zero attached hydrogens (tertiary/aromatic N) is 1. The number of carbonyl (C=O) groups is 1. The Hall–Kier alpha value is -3.55. The van der Waals surface area contributed by atoms with Crippen LogP contribution in [0.5, 0.6) is 0 Å². The van der Waals surface area contributed by atoms with Crippen LogP contribution in [0.25, 0.3) is 0 Å². The molecular weight excluding hydrogens is 433 g/mol. The number of aromatic amines is 1. The molecule has 0 aliphatic rings. The van der Waals surface area contributed by atoms with Gasteiger partial charge in [-0.2, -0.15) is 0 Å². The van der Waals surface area contributed by atoms with E-state index in [4.69, 9.17) is 0 Å². The van der Waals surface area contributed by atoms with Gasteiger partial charge in [-0.25, -0.2) is 4.39 Å². The van der Waals surface area contributed by atoms with E-state index < -0.39 is 6.10 Å². The van der Waals surface area contributed by atoms with Gasteiger partial charge in [-0.1, -0.05) is 42.5 Å². The monoisotopic (exact) mass is 463 g/mol. The van der Waals surface area contributed by atoms with Crippen LogP contribution in [0.2, 0.25) is 0 Å². The molecule has 3 N–H and O–H groups in total. The van der Waals surface area contributed by atoms with E-state index in [9.17, 15) is 19.1 Å². The normalized spacial score (nSPS) is 13.1. The quantitative estimate of drug-likeness (QED) is 0.401. The van der Waals surface area contributed by atoms with Gasteiger partial charge in [0.1, 0.15) is 5.82 Å². The lowest BCUT2D eigenvalue weighted by molar-refractivity contribution is 0.0785. The van der Waals surface area contributed by atoms with Crippen molar-refractivity contribution in [3.8, 4) is 0 Å². The fourth-order valence-electron chi connectivity index (χ4n) is 3.65. The van der Waals surface area contributed by atoms with E-state index in [1.807, 2.05) is 31.2 Å². The van der Waals surface area contributed by atoms with E-state index in [2.05, 4.69) is 10.3 Å². The SMILES string of the molecule is CC=CC(Cc1ccc(C(=O)N(C)Cc2ccc(=O)[nH]c2)cc1)NCC(O)c1ccc(F)cc1. The molecule has 1 amide bonds. The highest BCUT2D eigenvalue weighted by Crippen LogP contribution is 2.14. The fraction of sp³-hybridized carbons (Fsp3) is 0.259. The number of nitrogens with one attached hydrogen (secondary N) is 2. The third-order valence-electron chi connectivity index (χ3n) is 5.52. The van der Waals surface area contributed by atoms with Gasteiger partial charge in [0.2, 0.25) is 5.56 Å². The lowest BCUT2D eigenvalue weighted by Gasteiger charge is -2.19. The predicted octanol–water partition coefficient (Wildman–Crippen LogP) is 3.60. The summed E-state index contributed by atoms with van der Waals surface area (Å²) in [6, 6.07) is 16.4. The average molecular weight is 464 g/mol. The van der Waals surface area contributed by atoms with Crippen molar-refractivity contribution in [3.05, 3.63) is 117 Å². The number of amides is 1. The minimum Gasteiger partial charge on any atom is -0.387 e. The molecular formula is C27H30FN3O3. The van der Waals surface area contributed by atoms with Crippen molar-refractivity contribution in [1.82, 2.24) is 15.2 Å². The summed E-state index contributed by atoms with van der Waals surface area (Å²) in [5.41, 5.74) is 2.95. The van der Waals surface area contributed by atoms with E-state index in [-0.39, 0.29) is 23.3 Å². The molecule has 0 spiro atoms. The number of allylic oxidation sites excluding steroid dienone is 1. The Morgan fingerprint density at radius 3 is 2.38 bits per heavy atom. The van der Waals surface area contributed by atoms with Gasteiger partial charge in [0.25, 0.3) is 5.91 Å². The second kappa shape index (κ2) is 12.1. The van der Waals surface area contributed by atoms with Crippen LogP contribution in [0.3, 0.4) is 0 Å². The van der Waals surface area contributed by atoms with Crippen LogP contribution in [-0.4, -0.2) is 40.5 Å². The first-order chi connectivity index (χ1) is 16.4. The molecule has 34 heavy (non-hydrogen) atoms. The second-order valence-electron chi connectivity index (χ2n) is 8.23. The maximum absolute atomic E-state index is 13.1. The van der Waals surface area contributed by atoms with E-state index in [0.29, 0.717) is 30.6 Å². The number of benzene rings is 2. The van der Waals surface area contributed by atoms with Gasteiger partial charge < -0.3 is 20.3 Å². The number of hydrogen-bond acceptors (Lipinski definition) is 4. The zero-order chi connectivity index (χ0) is 24.5. The van der Waals surface area contributed by atoms with Crippen molar-refractivity contribution in [3.63, 3.8) is 0 Å².